The number of nitrogens with one attached hydrogen (secondary N) is 1. The molecule has 1 aliphatic rings. The monoisotopic (exact) mass is 331 g/mol. The summed E-state index contributed by atoms with van der Waals surface area (Å²) in [5, 5.41) is 2.87. The van der Waals surface area contributed by atoms with Crippen LogP contribution < -0.4 is 10.1 Å². The SMILES string of the molecule is COc1ccc(CC(=O)NCC2CCC2)cc1S(=O)(=O)Cl. The Morgan fingerprint density at radius 3 is 2.67 bits per heavy atom. The Bertz CT molecular complexity index is 626. The zero-order valence-electron chi connectivity index (χ0n) is 11.8. The third-order valence-electron chi connectivity index (χ3n) is 3.67. The number of hydrogen-bond donors (Lipinski definition) is 1. The van der Waals surface area contributed by atoms with Gasteiger partial charge in [-0.3, -0.25) is 4.79 Å². The molecule has 1 amide bonds. The lowest BCUT2D eigenvalue weighted by Crippen LogP contribution is -2.33. The minimum Gasteiger partial charge on any atom is -0.495 e. The van der Waals surface area contributed by atoms with Crippen molar-refractivity contribution in [1.29, 1.82) is 0 Å². The summed E-state index contributed by atoms with van der Waals surface area (Å²) in [5.74, 6) is 0.636. The van der Waals surface area contributed by atoms with Crippen LogP contribution in [0.15, 0.2) is 23.1 Å². The molecule has 2 rings (SSSR count). The van der Waals surface area contributed by atoms with Crippen LogP contribution in [0.1, 0.15) is 24.8 Å². The molecule has 0 aromatic heterocycles. The minimum absolute atomic E-state index is 0.115. The fourth-order valence-electron chi connectivity index (χ4n) is 2.22. The summed E-state index contributed by atoms with van der Waals surface area (Å²) in [4.78, 5) is 11.7. The van der Waals surface area contributed by atoms with Gasteiger partial charge in [-0.1, -0.05) is 12.5 Å². The summed E-state index contributed by atoms with van der Waals surface area (Å²) in [6.07, 6.45) is 3.68. The summed E-state index contributed by atoms with van der Waals surface area (Å²) in [7, 11) is 2.83. The van der Waals surface area contributed by atoms with E-state index in [2.05, 4.69) is 5.32 Å². The van der Waals surface area contributed by atoms with E-state index < -0.39 is 9.05 Å². The van der Waals surface area contributed by atoms with Gasteiger partial charge >= 0.3 is 0 Å². The van der Waals surface area contributed by atoms with Crippen molar-refractivity contribution in [2.45, 2.75) is 30.6 Å². The molecule has 0 aliphatic heterocycles. The number of ether oxygens (including phenoxy) is 1. The quantitative estimate of drug-likeness (QED) is 0.810. The maximum atomic E-state index is 11.8. The largest absolute Gasteiger partial charge is 0.495 e. The van der Waals surface area contributed by atoms with Gasteiger partial charge in [-0.05, 0) is 36.5 Å². The molecule has 0 heterocycles. The van der Waals surface area contributed by atoms with Crippen LogP contribution in [0.5, 0.6) is 5.75 Å². The average Bonchev–Trinajstić information content (AvgIpc) is 2.35. The van der Waals surface area contributed by atoms with Crippen LogP contribution in [-0.2, 0) is 20.3 Å². The molecule has 0 saturated heterocycles. The predicted octanol–water partition coefficient (Wildman–Crippen LogP) is 2.08. The van der Waals surface area contributed by atoms with Gasteiger partial charge in [0.15, 0.2) is 0 Å². The van der Waals surface area contributed by atoms with E-state index >= 15 is 0 Å². The molecular weight excluding hydrogens is 314 g/mol. The van der Waals surface area contributed by atoms with Crippen LogP contribution in [0.3, 0.4) is 0 Å². The zero-order valence-corrected chi connectivity index (χ0v) is 13.3. The lowest BCUT2D eigenvalue weighted by Gasteiger charge is -2.25. The third-order valence-corrected chi connectivity index (χ3v) is 5.01. The molecule has 7 heteroatoms. The fraction of sp³-hybridized carbons (Fsp3) is 0.500. The highest BCUT2D eigenvalue weighted by Gasteiger charge is 2.20. The third kappa shape index (κ3) is 4.35. The second-order valence-electron chi connectivity index (χ2n) is 5.20. The first-order valence-electron chi connectivity index (χ1n) is 6.78. The molecule has 1 aromatic carbocycles. The van der Waals surface area contributed by atoms with Gasteiger partial charge in [0.2, 0.25) is 5.91 Å². The van der Waals surface area contributed by atoms with Crippen LogP contribution in [0, 0.1) is 5.92 Å². The van der Waals surface area contributed by atoms with Crippen LogP contribution in [-0.4, -0.2) is 28.0 Å². The van der Waals surface area contributed by atoms with Gasteiger partial charge in [-0.15, -0.1) is 0 Å². The molecule has 21 heavy (non-hydrogen) atoms. The number of carbonyl (C=O) groups is 1. The summed E-state index contributed by atoms with van der Waals surface area (Å²) >= 11 is 0. The molecule has 1 N–H and O–H groups in total. The number of amides is 1. The first kappa shape index (κ1) is 16.1. The fourth-order valence-corrected chi connectivity index (χ4v) is 3.27. The van der Waals surface area contributed by atoms with E-state index in [4.69, 9.17) is 15.4 Å². The van der Waals surface area contributed by atoms with Crippen molar-refractivity contribution in [3.8, 4) is 5.75 Å². The molecule has 1 saturated carbocycles. The molecule has 5 nitrogen and oxygen atoms in total. The summed E-state index contributed by atoms with van der Waals surface area (Å²) in [6, 6.07) is 4.54. The van der Waals surface area contributed by atoms with Crippen LogP contribution in [0.4, 0.5) is 0 Å². The van der Waals surface area contributed by atoms with E-state index in [-0.39, 0.29) is 23.0 Å². The van der Waals surface area contributed by atoms with E-state index in [1.807, 2.05) is 0 Å². The maximum Gasteiger partial charge on any atom is 0.264 e. The van der Waals surface area contributed by atoms with Crippen molar-refractivity contribution in [3.05, 3.63) is 23.8 Å². The van der Waals surface area contributed by atoms with Crippen LogP contribution in [0.2, 0.25) is 0 Å². The minimum atomic E-state index is -3.91. The van der Waals surface area contributed by atoms with Crippen molar-refractivity contribution in [3.63, 3.8) is 0 Å². The van der Waals surface area contributed by atoms with Crippen molar-refractivity contribution >= 4 is 25.6 Å². The lowest BCUT2D eigenvalue weighted by molar-refractivity contribution is -0.120. The normalized spacial score (nSPS) is 15.3. The van der Waals surface area contributed by atoms with Crippen molar-refractivity contribution < 1.29 is 17.9 Å². The molecule has 1 aromatic rings. The average molecular weight is 332 g/mol. The smallest absolute Gasteiger partial charge is 0.264 e. The van der Waals surface area contributed by atoms with Crippen molar-refractivity contribution in [2.24, 2.45) is 5.92 Å². The van der Waals surface area contributed by atoms with Gasteiger partial charge in [0, 0.05) is 17.2 Å². The van der Waals surface area contributed by atoms with Crippen LogP contribution >= 0.6 is 10.7 Å². The van der Waals surface area contributed by atoms with Crippen molar-refractivity contribution in [1.82, 2.24) is 5.32 Å². The summed E-state index contributed by atoms with van der Waals surface area (Å²) < 4.78 is 28.0. The Morgan fingerprint density at radius 1 is 1.43 bits per heavy atom. The Balaban J connectivity index is 2.04. The molecule has 1 aliphatic carbocycles. The highest BCUT2D eigenvalue weighted by molar-refractivity contribution is 8.13. The summed E-state index contributed by atoms with van der Waals surface area (Å²) in [6.45, 7) is 0.690. The second kappa shape index (κ2) is 6.66. The number of rotatable bonds is 6. The van der Waals surface area contributed by atoms with E-state index in [0.29, 0.717) is 18.0 Å². The van der Waals surface area contributed by atoms with Gasteiger partial charge in [-0.2, -0.15) is 0 Å². The van der Waals surface area contributed by atoms with Gasteiger partial charge in [0.1, 0.15) is 10.6 Å². The molecular formula is C14H18ClNO4S. The van der Waals surface area contributed by atoms with E-state index in [0.717, 1.165) is 12.8 Å². The topological polar surface area (TPSA) is 72.5 Å². The first-order valence-corrected chi connectivity index (χ1v) is 9.09. The Kier molecular flexibility index (Phi) is 5.11. The standard InChI is InChI=1S/C14H18ClNO4S/c1-20-12-6-5-11(7-13(12)21(15,18)19)8-14(17)16-9-10-3-2-4-10/h5-7,10H,2-4,8-9H2,1H3,(H,16,17). The molecule has 0 bridgehead atoms. The number of halogens is 1. The maximum absolute atomic E-state index is 11.8. The molecule has 0 unspecified atom stereocenters. The molecule has 0 spiro atoms. The highest BCUT2D eigenvalue weighted by Crippen LogP contribution is 2.28. The number of carbonyl (C=O) groups excluding carboxylic acids is 1. The Labute approximate surface area is 129 Å². The molecule has 1 fully saturated rings. The van der Waals surface area contributed by atoms with Crippen LogP contribution in [0.25, 0.3) is 0 Å². The van der Waals surface area contributed by atoms with E-state index in [9.17, 15) is 13.2 Å². The van der Waals surface area contributed by atoms with E-state index in [1.165, 1.54) is 25.7 Å². The number of benzene rings is 1. The van der Waals surface area contributed by atoms with E-state index in [1.54, 1.807) is 6.07 Å². The van der Waals surface area contributed by atoms with Crippen molar-refractivity contribution in [2.75, 3.05) is 13.7 Å². The highest BCUT2D eigenvalue weighted by atomic mass is 35.7. The molecule has 0 atom stereocenters. The molecule has 0 radical (unpaired) electrons. The lowest BCUT2D eigenvalue weighted by atomic mass is 9.85. The van der Waals surface area contributed by atoms with Gasteiger partial charge in [0.25, 0.3) is 9.05 Å². The Morgan fingerprint density at radius 2 is 2.14 bits per heavy atom. The first-order chi connectivity index (χ1) is 9.90. The second-order valence-corrected chi connectivity index (χ2v) is 7.74. The number of hydrogen-bond acceptors (Lipinski definition) is 4. The Hall–Kier alpha value is -1.27. The number of methoxy groups -OCH3 is 1. The molecule has 116 valence electrons. The predicted molar refractivity (Wildman–Crippen MR) is 80.1 cm³/mol. The van der Waals surface area contributed by atoms with Gasteiger partial charge in [-0.25, -0.2) is 8.42 Å². The summed E-state index contributed by atoms with van der Waals surface area (Å²) in [5.41, 5.74) is 0.584. The van der Waals surface area contributed by atoms with Gasteiger partial charge < -0.3 is 10.1 Å². The van der Waals surface area contributed by atoms with Gasteiger partial charge in [0.05, 0.1) is 13.5 Å². The zero-order chi connectivity index (χ0) is 15.5.